The molecule has 0 rings (SSSR count). The van der Waals surface area contributed by atoms with Crippen molar-refractivity contribution >= 4 is 17.9 Å². The summed E-state index contributed by atoms with van der Waals surface area (Å²) in [5, 5.41) is 23.8. The number of hydrogen-bond donors (Lipinski definition) is 7. The molecule has 0 aromatic heterocycles. The van der Waals surface area contributed by atoms with Gasteiger partial charge in [0.15, 0.2) is 0 Å². The fourth-order valence-electron chi connectivity index (χ4n) is 0.632. The zero-order valence-electron chi connectivity index (χ0n) is 12.1. The van der Waals surface area contributed by atoms with Gasteiger partial charge in [0.25, 0.3) is 0 Å². The average Bonchev–Trinajstić information content (AvgIpc) is 2.39. The third-order valence-corrected chi connectivity index (χ3v) is 1.85. The highest BCUT2D eigenvalue weighted by molar-refractivity contribution is 5.73. The van der Waals surface area contributed by atoms with E-state index in [0.717, 1.165) is 12.8 Å². The number of hydrogen-bond acceptors (Lipinski definition) is 7. The topological polar surface area (TPSA) is 216 Å². The number of carboxylic acids is 3. The Kier molecular flexibility index (Phi) is 18.9. The van der Waals surface area contributed by atoms with Gasteiger partial charge < -0.3 is 38.3 Å². The number of carboxylic acid groups (broad SMARTS) is 3. The standard InChI is InChI=1S/C6H14N2O2.C3H7NO2.C2H5NO2/c7-4-2-1-3-5(8)6(9)10;1-2(4)3(5)6;3-1-2(4)5/h5H,1-4,7-8H2,(H,9,10);2H,4H2,1H3,(H,5,6);1,3H2,(H,4,5)/t5-;2-;/m00./s1. The molecule has 11 N–H and O–H groups in total. The van der Waals surface area contributed by atoms with E-state index in [1.807, 2.05) is 0 Å². The molecule has 126 valence electrons. The van der Waals surface area contributed by atoms with Crippen molar-refractivity contribution in [1.29, 1.82) is 0 Å². The van der Waals surface area contributed by atoms with Crippen LogP contribution < -0.4 is 22.9 Å². The van der Waals surface area contributed by atoms with Crippen molar-refractivity contribution < 1.29 is 29.7 Å². The second-order valence-corrected chi connectivity index (χ2v) is 3.95. The van der Waals surface area contributed by atoms with E-state index in [1.165, 1.54) is 6.92 Å². The third-order valence-electron chi connectivity index (χ3n) is 1.85. The van der Waals surface area contributed by atoms with Crippen LogP contribution in [0.25, 0.3) is 0 Å². The van der Waals surface area contributed by atoms with Crippen molar-refractivity contribution in [2.24, 2.45) is 22.9 Å². The van der Waals surface area contributed by atoms with Gasteiger partial charge in [-0.1, -0.05) is 6.42 Å². The van der Waals surface area contributed by atoms with Crippen LogP contribution in [0.2, 0.25) is 0 Å². The van der Waals surface area contributed by atoms with Gasteiger partial charge in [-0.15, -0.1) is 0 Å². The Labute approximate surface area is 123 Å². The third kappa shape index (κ3) is 27.4. The lowest BCUT2D eigenvalue weighted by atomic mass is 10.1. The highest BCUT2D eigenvalue weighted by Gasteiger charge is 2.09. The van der Waals surface area contributed by atoms with Crippen molar-refractivity contribution in [3.8, 4) is 0 Å². The number of unbranched alkanes of at least 4 members (excludes halogenated alkanes) is 1. The van der Waals surface area contributed by atoms with Gasteiger partial charge in [-0.25, -0.2) is 0 Å². The first-order chi connectivity index (χ1) is 9.59. The summed E-state index contributed by atoms with van der Waals surface area (Å²) < 4.78 is 0. The van der Waals surface area contributed by atoms with E-state index < -0.39 is 30.0 Å². The molecule has 0 aliphatic carbocycles. The summed E-state index contributed by atoms with van der Waals surface area (Å²) in [7, 11) is 0. The Morgan fingerprint density at radius 2 is 1.33 bits per heavy atom. The minimum Gasteiger partial charge on any atom is -0.480 e. The summed E-state index contributed by atoms with van der Waals surface area (Å²) in [5.74, 6) is -2.86. The quantitative estimate of drug-likeness (QED) is 0.256. The van der Waals surface area contributed by atoms with Crippen molar-refractivity contribution in [1.82, 2.24) is 0 Å². The molecule has 2 atom stereocenters. The summed E-state index contributed by atoms with van der Waals surface area (Å²) in [4.78, 5) is 29.0. The lowest BCUT2D eigenvalue weighted by molar-refractivity contribution is -0.139. The molecule has 0 amide bonds. The molecule has 10 nitrogen and oxygen atoms in total. The van der Waals surface area contributed by atoms with Crippen LogP contribution in [0, 0.1) is 0 Å². The van der Waals surface area contributed by atoms with Crippen molar-refractivity contribution in [2.75, 3.05) is 13.1 Å². The Morgan fingerprint density at radius 1 is 0.952 bits per heavy atom. The predicted octanol–water partition coefficient (Wildman–Crippen LogP) is -2.02. The fraction of sp³-hybridized carbons (Fsp3) is 0.727. The van der Waals surface area contributed by atoms with Gasteiger partial charge in [-0.3, -0.25) is 14.4 Å². The van der Waals surface area contributed by atoms with E-state index in [-0.39, 0.29) is 6.54 Å². The highest BCUT2D eigenvalue weighted by Crippen LogP contribution is 1.96. The highest BCUT2D eigenvalue weighted by atomic mass is 16.4. The molecule has 21 heavy (non-hydrogen) atoms. The smallest absolute Gasteiger partial charge is 0.320 e. The van der Waals surface area contributed by atoms with Gasteiger partial charge in [0.1, 0.15) is 12.1 Å². The molecule has 0 aromatic carbocycles. The summed E-state index contributed by atoms with van der Waals surface area (Å²) >= 11 is 0. The Morgan fingerprint density at radius 3 is 1.52 bits per heavy atom. The van der Waals surface area contributed by atoms with Crippen LogP contribution in [-0.4, -0.2) is 58.4 Å². The van der Waals surface area contributed by atoms with Crippen LogP contribution >= 0.6 is 0 Å². The maximum absolute atomic E-state index is 10.1. The molecule has 0 aliphatic heterocycles. The Hall–Kier alpha value is -1.75. The van der Waals surface area contributed by atoms with E-state index in [9.17, 15) is 14.4 Å². The lowest BCUT2D eigenvalue weighted by Gasteiger charge is -2.03. The zero-order chi connectivity index (χ0) is 17.4. The van der Waals surface area contributed by atoms with Crippen LogP contribution in [0.15, 0.2) is 0 Å². The summed E-state index contributed by atoms with van der Waals surface area (Å²) in [5.41, 5.74) is 19.8. The number of nitrogens with two attached hydrogens (primary N) is 4. The molecule has 0 fully saturated rings. The van der Waals surface area contributed by atoms with Gasteiger partial charge in [0.05, 0.1) is 6.54 Å². The number of carbonyl (C=O) groups is 3. The van der Waals surface area contributed by atoms with Gasteiger partial charge in [0, 0.05) is 0 Å². The molecule has 0 heterocycles. The summed E-state index contributed by atoms with van der Waals surface area (Å²) in [6.07, 6.45) is 2.16. The van der Waals surface area contributed by atoms with Crippen LogP contribution in [-0.2, 0) is 14.4 Å². The molecular weight excluding hydrogens is 284 g/mol. The normalized spacial score (nSPS) is 11.9. The van der Waals surface area contributed by atoms with Gasteiger partial charge in [0.2, 0.25) is 0 Å². The molecule has 0 saturated carbocycles. The predicted molar refractivity (Wildman–Crippen MR) is 76.5 cm³/mol. The molecule has 0 unspecified atom stereocenters. The average molecular weight is 310 g/mol. The molecule has 10 heteroatoms. The minimum atomic E-state index is -0.968. The summed E-state index contributed by atoms with van der Waals surface area (Å²) in [6.45, 7) is 1.74. The molecule has 0 bridgehead atoms. The van der Waals surface area contributed by atoms with Crippen LogP contribution in [0.3, 0.4) is 0 Å². The van der Waals surface area contributed by atoms with Gasteiger partial charge in [-0.05, 0) is 26.3 Å². The van der Waals surface area contributed by atoms with Gasteiger partial charge >= 0.3 is 17.9 Å². The maximum Gasteiger partial charge on any atom is 0.320 e. The number of rotatable bonds is 7. The van der Waals surface area contributed by atoms with Crippen LogP contribution in [0.4, 0.5) is 0 Å². The largest absolute Gasteiger partial charge is 0.480 e. The molecule has 0 saturated heterocycles. The minimum absolute atomic E-state index is 0.278. The fourth-order valence-corrected chi connectivity index (χ4v) is 0.632. The van der Waals surface area contributed by atoms with E-state index in [4.69, 9.17) is 32.5 Å². The summed E-state index contributed by atoms with van der Waals surface area (Å²) in [6, 6.07) is -1.45. The molecule has 0 radical (unpaired) electrons. The Bertz CT molecular complexity index is 298. The first-order valence-electron chi connectivity index (χ1n) is 6.18. The lowest BCUT2D eigenvalue weighted by Crippen LogP contribution is -2.29. The van der Waals surface area contributed by atoms with E-state index >= 15 is 0 Å². The van der Waals surface area contributed by atoms with Gasteiger partial charge in [-0.2, -0.15) is 0 Å². The molecule has 0 aromatic rings. The van der Waals surface area contributed by atoms with Crippen molar-refractivity contribution in [2.45, 2.75) is 38.3 Å². The monoisotopic (exact) mass is 310 g/mol. The van der Waals surface area contributed by atoms with Crippen molar-refractivity contribution in [3.63, 3.8) is 0 Å². The second-order valence-electron chi connectivity index (χ2n) is 3.95. The Balaban J connectivity index is -0.000000252. The van der Waals surface area contributed by atoms with Crippen LogP contribution in [0.5, 0.6) is 0 Å². The van der Waals surface area contributed by atoms with E-state index in [0.29, 0.717) is 13.0 Å². The first-order valence-corrected chi connectivity index (χ1v) is 6.18. The maximum atomic E-state index is 10.1. The van der Waals surface area contributed by atoms with E-state index in [1.54, 1.807) is 0 Å². The van der Waals surface area contributed by atoms with Crippen molar-refractivity contribution in [3.05, 3.63) is 0 Å². The van der Waals surface area contributed by atoms with Crippen LogP contribution in [0.1, 0.15) is 26.2 Å². The zero-order valence-corrected chi connectivity index (χ0v) is 12.1. The number of aliphatic carboxylic acids is 3. The molecule has 0 spiro atoms. The first kappa shape index (κ1) is 24.3. The van der Waals surface area contributed by atoms with E-state index in [2.05, 4.69) is 5.73 Å². The second kappa shape index (κ2) is 16.3. The SMILES string of the molecule is C[C@H](N)C(=O)O.NCC(=O)O.NCCCC[C@H](N)C(=O)O. The molecule has 0 aliphatic rings. The molecular formula is C11H26N4O6.